The Morgan fingerprint density at radius 1 is 1.38 bits per heavy atom. The van der Waals surface area contributed by atoms with Gasteiger partial charge in [-0.3, -0.25) is 4.79 Å². The molecule has 78 valence electrons. The van der Waals surface area contributed by atoms with Crippen molar-refractivity contribution in [3.8, 4) is 0 Å². The van der Waals surface area contributed by atoms with Crippen LogP contribution in [0.15, 0.2) is 0 Å². The first-order chi connectivity index (χ1) is 6.29. The van der Waals surface area contributed by atoms with Crippen LogP contribution >= 0.6 is 0 Å². The molecule has 0 fully saturated rings. The van der Waals surface area contributed by atoms with Gasteiger partial charge in [0.1, 0.15) is 0 Å². The highest BCUT2D eigenvalue weighted by molar-refractivity contribution is 5.47. The summed E-state index contributed by atoms with van der Waals surface area (Å²) in [5, 5.41) is 8.70. The normalized spacial score (nSPS) is 12.5. The third kappa shape index (κ3) is 4.88. The topological polar surface area (TPSA) is 40.5 Å². The first kappa shape index (κ1) is 12.4. The van der Waals surface area contributed by atoms with Crippen molar-refractivity contribution in [2.75, 3.05) is 13.2 Å². The molecule has 1 atom stereocenters. The minimum atomic E-state index is 0.219. The number of rotatable bonds is 8. The van der Waals surface area contributed by atoms with Crippen LogP contribution in [0.4, 0.5) is 0 Å². The summed E-state index contributed by atoms with van der Waals surface area (Å²) in [7, 11) is 0. The lowest BCUT2D eigenvalue weighted by molar-refractivity contribution is -0.120. The molecule has 0 saturated carbocycles. The molecule has 0 radical (unpaired) electrons. The smallest absolute Gasteiger partial charge is 0.209 e. The van der Waals surface area contributed by atoms with E-state index in [2.05, 4.69) is 6.92 Å². The lowest BCUT2D eigenvalue weighted by atomic mass is 10.1. The van der Waals surface area contributed by atoms with Crippen molar-refractivity contribution in [2.24, 2.45) is 0 Å². The second-order valence-electron chi connectivity index (χ2n) is 3.24. The van der Waals surface area contributed by atoms with Gasteiger partial charge in [-0.05, 0) is 26.2 Å². The monoisotopic (exact) mass is 187 g/mol. The molecule has 0 bridgehead atoms. The summed E-state index contributed by atoms with van der Waals surface area (Å²) in [6, 6.07) is 0.319. The van der Waals surface area contributed by atoms with Crippen molar-refractivity contribution < 1.29 is 9.90 Å². The van der Waals surface area contributed by atoms with Crippen molar-refractivity contribution in [1.29, 1.82) is 0 Å². The summed E-state index contributed by atoms with van der Waals surface area (Å²) in [6.45, 7) is 5.08. The third-order valence-corrected chi connectivity index (χ3v) is 2.29. The van der Waals surface area contributed by atoms with Crippen LogP contribution in [0.5, 0.6) is 0 Å². The maximum Gasteiger partial charge on any atom is 0.209 e. The Bertz CT molecular complexity index is 128. The molecule has 0 aliphatic heterocycles. The second-order valence-corrected chi connectivity index (χ2v) is 3.24. The molecule has 3 heteroatoms. The van der Waals surface area contributed by atoms with E-state index in [1.54, 1.807) is 0 Å². The van der Waals surface area contributed by atoms with Gasteiger partial charge < -0.3 is 10.0 Å². The van der Waals surface area contributed by atoms with Gasteiger partial charge >= 0.3 is 0 Å². The highest BCUT2D eigenvalue weighted by Gasteiger charge is 2.13. The van der Waals surface area contributed by atoms with Gasteiger partial charge in [0, 0.05) is 19.2 Å². The number of hydrogen-bond donors (Lipinski definition) is 1. The lowest BCUT2D eigenvalue weighted by Gasteiger charge is -2.26. The number of carbonyl (C=O) groups is 1. The fourth-order valence-electron chi connectivity index (χ4n) is 1.55. The highest BCUT2D eigenvalue weighted by atomic mass is 16.2. The van der Waals surface area contributed by atoms with Crippen LogP contribution in [-0.2, 0) is 4.79 Å². The van der Waals surface area contributed by atoms with Gasteiger partial charge in [0.05, 0.1) is 0 Å². The van der Waals surface area contributed by atoms with Crippen LogP contribution in [0, 0.1) is 0 Å². The maximum absolute atomic E-state index is 10.7. The zero-order chi connectivity index (χ0) is 10.1. The van der Waals surface area contributed by atoms with Crippen LogP contribution in [0.1, 0.15) is 39.5 Å². The molecule has 0 spiro atoms. The standard InChI is InChI=1S/C10H21NO2/c1-3-6-10(7-5-8-12)11(4-2)9-13/h9-10,12H,3-8H2,1-2H3. The Kier molecular flexibility index (Phi) is 7.69. The number of amides is 1. The molecule has 0 aromatic heterocycles. The molecule has 13 heavy (non-hydrogen) atoms. The number of hydrogen-bond acceptors (Lipinski definition) is 2. The molecule has 0 saturated heterocycles. The van der Waals surface area contributed by atoms with E-state index in [1.807, 2.05) is 11.8 Å². The van der Waals surface area contributed by atoms with Crippen LogP contribution < -0.4 is 0 Å². The van der Waals surface area contributed by atoms with Crippen LogP contribution in [-0.4, -0.2) is 35.6 Å². The van der Waals surface area contributed by atoms with E-state index in [0.717, 1.165) is 38.6 Å². The molecule has 0 aromatic carbocycles. The van der Waals surface area contributed by atoms with Crippen molar-refractivity contribution in [1.82, 2.24) is 4.90 Å². The van der Waals surface area contributed by atoms with Gasteiger partial charge in [-0.1, -0.05) is 13.3 Å². The Morgan fingerprint density at radius 3 is 2.46 bits per heavy atom. The van der Waals surface area contributed by atoms with Gasteiger partial charge in [-0.25, -0.2) is 0 Å². The van der Waals surface area contributed by atoms with Crippen molar-refractivity contribution >= 4 is 6.41 Å². The summed E-state index contributed by atoms with van der Waals surface area (Å²) in [4.78, 5) is 12.5. The zero-order valence-corrected chi connectivity index (χ0v) is 8.70. The summed E-state index contributed by atoms with van der Waals surface area (Å²) in [6.07, 6.45) is 4.73. The number of nitrogens with zero attached hydrogens (tertiary/aromatic N) is 1. The van der Waals surface area contributed by atoms with Crippen LogP contribution in [0.2, 0.25) is 0 Å². The van der Waals surface area contributed by atoms with E-state index in [0.29, 0.717) is 6.04 Å². The molecule has 0 aliphatic rings. The average Bonchev–Trinajstić information content (AvgIpc) is 2.16. The summed E-state index contributed by atoms with van der Waals surface area (Å²) in [5.41, 5.74) is 0. The molecule has 0 aliphatic carbocycles. The molecular weight excluding hydrogens is 166 g/mol. The molecule has 0 heterocycles. The van der Waals surface area contributed by atoms with Crippen molar-refractivity contribution in [3.05, 3.63) is 0 Å². The summed E-state index contributed by atoms with van der Waals surface area (Å²) in [5.74, 6) is 0. The highest BCUT2D eigenvalue weighted by Crippen LogP contribution is 2.11. The summed E-state index contributed by atoms with van der Waals surface area (Å²) >= 11 is 0. The fraction of sp³-hybridized carbons (Fsp3) is 0.900. The number of aliphatic hydroxyl groups excluding tert-OH is 1. The molecule has 1 unspecified atom stereocenters. The summed E-state index contributed by atoms with van der Waals surface area (Å²) < 4.78 is 0. The minimum Gasteiger partial charge on any atom is -0.396 e. The van der Waals surface area contributed by atoms with Crippen LogP contribution in [0.25, 0.3) is 0 Å². The molecule has 0 aromatic rings. The zero-order valence-electron chi connectivity index (χ0n) is 8.70. The molecular formula is C10H21NO2. The number of aliphatic hydroxyl groups is 1. The maximum atomic E-state index is 10.7. The van der Waals surface area contributed by atoms with E-state index in [-0.39, 0.29) is 6.61 Å². The predicted octanol–water partition coefficient (Wildman–Crippen LogP) is 1.41. The Labute approximate surface area is 80.7 Å². The SMILES string of the molecule is CCCC(CCCO)N(C=O)CC. The van der Waals surface area contributed by atoms with Gasteiger partial charge in [-0.15, -0.1) is 0 Å². The first-order valence-corrected chi connectivity index (χ1v) is 5.12. The van der Waals surface area contributed by atoms with E-state index < -0.39 is 0 Å². The van der Waals surface area contributed by atoms with Crippen molar-refractivity contribution in [2.45, 2.75) is 45.6 Å². The molecule has 0 rings (SSSR count). The molecule has 1 N–H and O–H groups in total. The average molecular weight is 187 g/mol. The Morgan fingerprint density at radius 2 is 2.08 bits per heavy atom. The van der Waals surface area contributed by atoms with E-state index in [4.69, 9.17) is 5.11 Å². The van der Waals surface area contributed by atoms with Gasteiger partial charge in [0.25, 0.3) is 0 Å². The van der Waals surface area contributed by atoms with E-state index in [9.17, 15) is 4.79 Å². The third-order valence-electron chi connectivity index (χ3n) is 2.29. The lowest BCUT2D eigenvalue weighted by Crippen LogP contribution is -2.34. The fourth-order valence-corrected chi connectivity index (χ4v) is 1.55. The van der Waals surface area contributed by atoms with Gasteiger partial charge in [0.15, 0.2) is 0 Å². The van der Waals surface area contributed by atoms with E-state index in [1.165, 1.54) is 0 Å². The molecule has 3 nitrogen and oxygen atoms in total. The quantitative estimate of drug-likeness (QED) is 0.584. The minimum absolute atomic E-state index is 0.219. The Balaban J connectivity index is 3.95. The second kappa shape index (κ2) is 8.05. The van der Waals surface area contributed by atoms with Crippen molar-refractivity contribution in [3.63, 3.8) is 0 Å². The predicted molar refractivity (Wildman–Crippen MR) is 53.5 cm³/mol. The largest absolute Gasteiger partial charge is 0.396 e. The van der Waals surface area contributed by atoms with Crippen LogP contribution in [0.3, 0.4) is 0 Å². The number of carbonyl (C=O) groups excluding carboxylic acids is 1. The molecule has 1 amide bonds. The first-order valence-electron chi connectivity index (χ1n) is 5.12. The van der Waals surface area contributed by atoms with Gasteiger partial charge in [-0.2, -0.15) is 0 Å². The van der Waals surface area contributed by atoms with Gasteiger partial charge in [0.2, 0.25) is 6.41 Å². The Hall–Kier alpha value is -0.570. The van der Waals surface area contributed by atoms with E-state index >= 15 is 0 Å².